The maximum Gasteiger partial charge on any atom is 0.138 e. The number of fused-ring (bicyclic) bond motifs is 12. The molecular weight excluding hydrogens is 645 g/mol. The molecule has 0 atom stereocenters. The molecule has 1 aliphatic rings. The van der Waals surface area contributed by atoms with Gasteiger partial charge in [0.1, 0.15) is 11.6 Å². The van der Waals surface area contributed by atoms with Crippen LogP contribution < -0.4 is 9.80 Å². The van der Waals surface area contributed by atoms with Crippen molar-refractivity contribution in [1.82, 2.24) is 39.9 Å². The van der Waals surface area contributed by atoms with Gasteiger partial charge in [-0.15, -0.1) is 0 Å². The van der Waals surface area contributed by atoms with Crippen molar-refractivity contribution < 1.29 is 0 Å². The summed E-state index contributed by atoms with van der Waals surface area (Å²) in [5.74, 6) is 1.68. The molecule has 1 aliphatic heterocycles. The van der Waals surface area contributed by atoms with Crippen LogP contribution in [0.2, 0.25) is 0 Å². The summed E-state index contributed by atoms with van der Waals surface area (Å²) in [6.45, 7) is 3.76. The topological polar surface area (TPSA) is 115 Å². The van der Waals surface area contributed by atoms with E-state index in [4.69, 9.17) is 9.97 Å². The molecule has 4 aromatic carbocycles. The van der Waals surface area contributed by atoms with E-state index < -0.39 is 0 Å². The molecule has 1 saturated heterocycles. The van der Waals surface area contributed by atoms with E-state index in [-0.39, 0.29) is 0 Å². The molecule has 7 heterocycles. The second-order valence-electron chi connectivity index (χ2n) is 13.3. The quantitative estimate of drug-likeness (QED) is 0.179. The lowest BCUT2D eigenvalue weighted by Crippen LogP contribution is -2.46. The maximum absolute atomic E-state index is 5.05. The van der Waals surface area contributed by atoms with Gasteiger partial charge in [0, 0.05) is 95.0 Å². The molecule has 0 radical (unpaired) electrons. The molecule has 52 heavy (non-hydrogen) atoms. The lowest BCUT2D eigenvalue weighted by molar-refractivity contribution is 0.653. The zero-order valence-electron chi connectivity index (χ0n) is 28.0. The Bertz CT molecular complexity index is 2630. The number of aromatic nitrogens is 8. The summed E-state index contributed by atoms with van der Waals surface area (Å²) < 4.78 is 0. The van der Waals surface area contributed by atoms with Crippen molar-refractivity contribution in [2.24, 2.45) is 0 Å². The molecule has 0 aliphatic carbocycles. The van der Waals surface area contributed by atoms with E-state index >= 15 is 0 Å². The van der Waals surface area contributed by atoms with Crippen molar-refractivity contribution in [1.29, 1.82) is 0 Å². The third-order valence-corrected chi connectivity index (χ3v) is 10.4. The number of pyridine rings is 4. The molecule has 1 fully saturated rings. The third kappa shape index (κ3) is 4.43. The normalized spacial score (nSPS) is 13.8. The molecule has 0 bridgehead atoms. The first-order valence-electron chi connectivity index (χ1n) is 17.5. The van der Waals surface area contributed by atoms with Crippen molar-refractivity contribution in [3.63, 3.8) is 0 Å². The van der Waals surface area contributed by atoms with Crippen molar-refractivity contribution in [2.45, 2.75) is 0 Å². The van der Waals surface area contributed by atoms with Gasteiger partial charge in [-0.25, -0.2) is 9.97 Å². The van der Waals surface area contributed by atoms with E-state index in [1.165, 1.54) is 11.4 Å². The first-order chi connectivity index (χ1) is 25.8. The van der Waals surface area contributed by atoms with Gasteiger partial charge < -0.3 is 19.8 Å². The third-order valence-electron chi connectivity index (χ3n) is 10.4. The summed E-state index contributed by atoms with van der Waals surface area (Å²) in [6, 6.07) is 33.6. The predicted molar refractivity (Wildman–Crippen MR) is 209 cm³/mol. The Kier molecular flexibility index (Phi) is 6.27. The van der Waals surface area contributed by atoms with Gasteiger partial charge in [0.05, 0.1) is 44.1 Å². The Morgan fingerprint density at radius 1 is 0.385 bits per heavy atom. The number of hydrogen-bond donors (Lipinski definition) is 2. The van der Waals surface area contributed by atoms with E-state index in [1.54, 1.807) is 0 Å². The Hall–Kier alpha value is -6.94. The predicted octanol–water partition coefficient (Wildman–Crippen LogP) is 8.29. The first kappa shape index (κ1) is 28.9. The Labute approximate surface area is 296 Å². The highest BCUT2D eigenvalue weighted by molar-refractivity contribution is 6.22. The average molecular weight is 675 g/mol. The molecular formula is C42H30N10. The number of imidazole rings is 2. The fraction of sp³-hybridized carbons (Fsp3) is 0.0952. The van der Waals surface area contributed by atoms with Crippen LogP contribution in [-0.4, -0.2) is 66.1 Å². The highest BCUT2D eigenvalue weighted by atomic mass is 15.3. The number of piperazine rings is 1. The highest BCUT2D eigenvalue weighted by Crippen LogP contribution is 2.35. The molecule has 0 saturated carbocycles. The minimum Gasteiger partial charge on any atom is -0.368 e. The SMILES string of the molecule is c1cnc2c(c1)c1nc(-c3ccc(N4CCN(c5ccc(-c6nc7c8cccnc8c8ncccc8c7[nH]6)cc5)CC4)cc3)[nH]c1c1cccnc12. The molecule has 6 aromatic heterocycles. The molecule has 0 unspecified atom stereocenters. The Morgan fingerprint density at radius 2 is 0.731 bits per heavy atom. The summed E-state index contributed by atoms with van der Waals surface area (Å²) in [5, 5.41) is 4.06. The number of hydrogen-bond acceptors (Lipinski definition) is 8. The molecule has 2 N–H and O–H groups in total. The van der Waals surface area contributed by atoms with E-state index in [1.807, 2.05) is 49.1 Å². The monoisotopic (exact) mass is 674 g/mol. The van der Waals surface area contributed by atoms with E-state index in [2.05, 4.69) is 113 Å². The lowest BCUT2D eigenvalue weighted by Gasteiger charge is -2.37. The van der Waals surface area contributed by atoms with Crippen molar-refractivity contribution in [3.8, 4) is 22.8 Å². The summed E-state index contributed by atoms with van der Waals surface area (Å²) in [4.78, 5) is 40.8. The van der Waals surface area contributed by atoms with Gasteiger partial charge in [0.15, 0.2) is 0 Å². The van der Waals surface area contributed by atoms with Crippen LogP contribution in [0.4, 0.5) is 11.4 Å². The second-order valence-corrected chi connectivity index (χ2v) is 13.3. The van der Waals surface area contributed by atoms with Crippen LogP contribution in [0.15, 0.2) is 122 Å². The van der Waals surface area contributed by atoms with Crippen LogP contribution in [0.1, 0.15) is 0 Å². The number of anilines is 2. The molecule has 10 aromatic rings. The Balaban J connectivity index is 0.817. The largest absolute Gasteiger partial charge is 0.368 e. The second kappa shape index (κ2) is 11.3. The van der Waals surface area contributed by atoms with Gasteiger partial charge in [0.25, 0.3) is 0 Å². The molecule has 0 amide bonds. The van der Waals surface area contributed by atoms with Crippen LogP contribution in [0.5, 0.6) is 0 Å². The molecule has 0 spiro atoms. The van der Waals surface area contributed by atoms with Gasteiger partial charge in [-0.1, -0.05) is 0 Å². The van der Waals surface area contributed by atoms with Gasteiger partial charge in [-0.2, -0.15) is 0 Å². The fourth-order valence-corrected chi connectivity index (χ4v) is 7.84. The lowest BCUT2D eigenvalue weighted by atomic mass is 10.1. The smallest absolute Gasteiger partial charge is 0.138 e. The van der Waals surface area contributed by atoms with Gasteiger partial charge in [-0.3, -0.25) is 19.9 Å². The number of H-pyrrole nitrogens is 2. The van der Waals surface area contributed by atoms with Crippen LogP contribution in [0.25, 0.3) is 88.5 Å². The molecule has 248 valence electrons. The zero-order chi connectivity index (χ0) is 34.2. The van der Waals surface area contributed by atoms with Crippen LogP contribution in [0, 0.1) is 0 Å². The van der Waals surface area contributed by atoms with E-state index in [0.29, 0.717) is 0 Å². The minimum absolute atomic E-state index is 0.842. The van der Waals surface area contributed by atoms with Gasteiger partial charge >= 0.3 is 0 Å². The molecule has 11 rings (SSSR count). The van der Waals surface area contributed by atoms with Crippen LogP contribution >= 0.6 is 0 Å². The average Bonchev–Trinajstić information content (AvgIpc) is 3.89. The summed E-state index contributed by atoms with van der Waals surface area (Å²) >= 11 is 0. The Morgan fingerprint density at radius 3 is 1.12 bits per heavy atom. The van der Waals surface area contributed by atoms with Crippen LogP contribution in [0.3, 0.4) is 0 Å². The van der Waals surface area contributed by atoms with Crippen molar-refractivity contribution in [3.05, 3.63) is 122 Å². The van der Waals surface area contributed by atoms with Gasteiger partial charge in [-0.05, 0) is 97.1 Å². The number of aromatic amines is 2. The number of rotatable bonds is 4. The minimum atomic E-state index is 0.842. The summed E-state index contributed by atoms with van der Waals surface area (Å²) in [7, 11) is 0. The van der Waals surface area contributed by atoms with E-state index in [9.17, 15) is 0 Å². The zero-order valence-corrected chi connectivity index (χ0v) is 28.0. The highest BCUT2D eigenvalue weighted by Gasteiger charge is 2.20. The van der Waals surface area contributed by atoms with E-state index in [0.717, 1.165) is 115 Å². The summed E-state index contributed by atoms with van der Waals surface area (Å²) in [6.07, 6.45) is 7.26. The number of benzene rings is 4. The van der Waals surface area contributed by atoms with Crippen LogP contribution in [-0.2, 0) is 0 Å². The number of nitrogens with one attached hydrogen (secondary N) is 2. The van der Waals surface area contributed by atoms with Gasteiger partial charge in [0.2, 0.25) is 0 Å². The summed E-state index contributed by atoms with van der Waals surface area (Å²) in [5.41, 5.74) is 11.9. The fourth-order valence-electron chi connectivity index (χ4n) is 7.84. The molecule has 10 nitrogen and oxygen atoms in total. The van der Waals surface area contributed by atoms with Crippen molar-refractivity contribution in [2.75, 3.05) is 36.0 Å². The number of nitrogens with zero attached hydrogens (tertiary/aromatic N) is 8. The maximum atomic E-state index is 5.05. The van der Waals surface area contributed by atoms with Crippen molar-refractivity contribution >= 4 is 77.1 Å². The standard InChI is InChI=1S/C42H30N10/c1-5-29-33(43-17-1)34-30(6-2-18-44-34)38-37(29)47-41(48-38)25-9-13-27(14-10-25)51-21-23-52(24-22-51)28-15-11-26(12-16-28)42-49-39-31-7-3-19-45-35(31)36-32(40(39)50-42)8-4-20-46-36/h1-20H,21-24H2,(H,47,48)(H,49,50). The molecule has 10 heteroatoms. The first-order valence-corrected chi connectivity index (χ1v) is 17.5.